The number of hydrogen-bond acceptors (Lipinski definition) is 5. The summed E-state index contributed by atoms with van der Waals surface area (Å²) in [6.45, 7) is 2.19. The van der Waals surface area contributed by atoms with Crippen LogP contribution in [0.4, 0.5) is 5.69 Å². The van der Waals surface area contributed by atoms with Gasteiger partial charge < -0.3 is 5.32 Å². The second kappa shape index (κ2) is 9.87. The van der Waals surface area contributed by atoms with E-state index in [-0.39, 0.29) is 5.91 Å². The quantitative estimate of drug-likeness (QED) is 0.257. The molecular weight excluding hydrogens is 410 g/mol. The van der Waals surface area contributed by atoms with E-state index in [9.17, 15) is 4.79 Å². The first-order chi connectivity index (χ1) is 14.7. The Morgan fingerprint density at radius 2 is 1.87 bits per heavy atom. The molecule has 0 bridgehead atoms. The molecule has 1 amide bonds. The van der Waals surface area contributed by atoms with E-state index in [4.69, 9.17) is 0 Å². The van der Waals surface area contributed by atoms with Crippen molar-refractivity contribution in [3.8, 4) is 10.4 Å². The first kappa shape index (κ1) is 20.6. The maximum atomic E-state index is 12.4. The van der Waals surface area contributed by atoms with Gasteiger partial charge in [-0.15, -0.1) is 11.3 Å². The molecule has 0 spiro atoms. The second-order valence-electron chi connectivity index (χ2n) is 7.01. The maximum Gasteiger partial charge on any atom is 0.234 e. The molecule has 0 saturated heterocycles. The largest absolute Gasteiger partial charge is 0.325 e. The summed E-state index contributed by atoms with van der Waals surface area (Å²) in [4.78, 5) is 23.3. The van der Waals surface area contributed by atoms with Crippen molar-refractivity contribution in [2.75, 3.05) is 11.1 Å². The minimum atomic E-state index is -0.0356. The number of aryl methyl sites for hydroxylation is 1. The van der Waals surface area contributed by atoms with Gasteiger partial charge in [0.05, 0.1) is 5.75 Å². The molecule has 0 atom stereocenters. The van der Waals surface area contributed by atoms with E-state index in [1.54, 1.807) is 17.7 Å². The predicted molar refractivity (Wildman–Crippen MR) is 127 cm³/mol. The van der Waals surface area contributed by atoms with Gasteiger partial charge in [0, 0.05) is 16.0 Å². The lowest BCUT2D eigenvalue weighted by Crippen LogP contribution is -2.14. The summed E-state index contributed by atoms with van der Waals surface area (Å²) in [6.07, 6.45) is 5.02. The fraction of sp³-hybridized carbons (Fsp3) is 0.208. The number of hydrogen-bond donors (Lipinski definition) is 1. The summed E-state index contributed by atoms with van der Waals surface area (Å²) in [5.74, 6) is 0.270. The van der Waals surface area contributed by atoms with Crippen LogP contribution in [0.5, 0.6) is 0 Å². The summed E-state index contributed by atoms with van der Waals surface area (Å²) in [5.41, 5.74) is 3.30. The number of thiophene rings is 1. The van der Waals surface area contributed by atoms with Crippen LogP contribution in [-0.2, 0) is 11.2 Å². The lowest BCUT2D eigenvalue weighted by molar-refractivity contribution is -0.113. The maximum absolute atomic E-state index is 12.4. The number of benzene rings is 2. The Labute approximate surface area is 184 Å². The van der Waals surface area contributed by atoms with Crippen molar-refractivity contribution < 1.29 is 4.79 Å². The normalized spacial score (nSPS) is 11.0. The molecule has 2 heterocycles. The van der Waals surface area contributed by atoms with E-state index in [2.05, 4.69) is 52.5 Å². The van der Waals surface area contributed by atoms with Crippen LogP contribution < -0.4 is 5.32 Å². The zero-order valence-corrected chi connectivity index (χ0v) is 18.4. The number of amides is 1. The molecule has 0 unspecified atom stereocenters. The van der Waals surface area contributed by atoms with Gasteiger partial charge in [0.2, 0.25) is 5.91 Å². The SMILES string of the molecule is CCCCc1ccc(NC(=O)CSc2ncnc3sc(-c4ccccc4)cc23)cc1. The fourth-order valence-electron chi connectivity index (χ4n) is 3.16. The van der Waals surface area contributed by atoms with Gasteiger partial charge in [-0.25, -0.2) is 9.97 Å². The van der Waals surface area contributed by atoms with Gasteiger partial charge in [-0.2, -0.15) is 0 Å². The number of rotatable bonds is 8. The van der Waals surface area contributed by atoms with E-state index in [0.717, 1.165) is 37.8 Å². The summed E-state index contributed by atoms with van der Waals surface area (Å²) in [6, 6.07) is 20.5. The number of thioether (sulfide) groups is 1. The molecule has 4 aromatic rings. The van der Waals surface area contributed by atoms with E-state index in [0.29, 0.717) is 5.75 Å². The van der Waals surface area contributed by atoms with Crippen LogP contribution in [0.2, 0.25) is 0 Å². The van der Waals surface area contributed by atoms with Crippen molar-refractivity contribution in [2.45, 2.75) is 31.2 Å². The van der Waals surface area contributed by atoms with E-state index in [1.165, 1.54) is 30.2 Å². The first-order valence-corrected chi connectivity index (χ1v) is 11.8. The highest BCUT2D eigenvalue weighted by atomic mass is 32.2. The summed E-state index contributed by atoms with van der Waals surface area (Å²) >= 11 is 3.09. The monoisotopic (exact) mass is 433 g/mol. The number of anilines is 1. The average molecular weight is 434 g/mol. The van der Waals surface area contributed by atoms with Crippen LogP contribution in [-0.4, -0.2) is 21.6 Å². The molecule has 4 nitrogen and oxygen atoms in total. The van der Waals surface area contributed by atoms with Gasteiger partial charge >= 0.3 is 0 Å². The molecule has 2 aromatic heterocycles. The minimum Gasteiger partial charge on any atom is -0.325 e. The number of nitrogens with one attached hydrogen (secondary N) is 1. The van der Waals surface area contributed by atoms with Crippen LogP contribution >= 0.6 is 23.1 Å². The van der Waals surface area contributed by atoms with Crippen molar-refractivity contribution in [3.05, 3.63) is 72.6 Å². The standard InChI is InChI=1S/C24H23N3OS2/c1-2-3-7-17-10-12-19(13-11-17)27-22(28)15-29-23-20-14-21(18-8-5-4-6-9-18)30-24(20)26-16-25-23/h4-6,8-14,16H,2-3,7,15H2,1H3,(H,27,28). The first-order valence-electron chi connectivity index (χ1n) is 10.0. The number of carbonyl (C=O) groups excluding carboxylic acids is 1. The molecule has 0 aliphatic heterocycles. The molecule has 1 N–H and O–H groups in total. The molecule has 0 saturated carbocycles. The predicted octanol–water partition coefficient (Wildman–Crippen LogP) is 6.43. The number of carbonyl (C=O) groups is 1. The van der Waals surface area contributed by atoms with E-state index >= 15 is 0 Å². The summed E-state index contributed by atoms with van der Waals surface area (Å²) in [7, 11) is 0. The Hall–Kier alpha value is -2.70. The number of aromatic nitrogens is 2. The average Bonchev–Trinajstić information content (AvgIpc) is 3.23. The lowest BCUT2D eigenvalue weighted by Gasteiger charge is -2.07. The number of unbranched alkanes of at least 4 members (excludes halogenated alkanes) is 1. The third-order valence-electron chi connectivity index (χ3n) is 4.75. The number of fused-ring (bicyclic) bond motifs is 1. The molecule has 0 aliphatic rings. The highest BCUT2D eigenvalue weighted by Crippen LogP contribution is 2.36. The molecule has 4 rings (SSSR count). The van der Waals surface area contributed by atoms with Gasteiger partial charge in [0.25, 0.3) is 0 Å². The third kappa shape index (κ3) is 5.07. The van der Waals surface area contributed by atoms with Crippen molar-refractivity contribution >= 4 is 44.9 Å². The number of nitrogens with zero attached hydrogens (tertiary/aromatic N) is 2. The zero-order chi connectivity index (χ0) is 20.8. The topological polar surface area (TPSA) is 54.9 Å². The summed E-state index contributed by atoms with van der Waals surface area (Å²) in [5, 5.41) is 4.81. The molecular formula is C24H23N3OS2. The Balaban J connectivity index is 1.40. The Morgan fingerprint density at radius 1 is 1.07 bits per heavy atom. The Kier molecular flexibility index (Phi) is 6.77. The fourth-order valence-corrected chi connectivity index (χ4v) is 5.00. The van der Waals surface area contributed by atoms with Crippen molar-refractivity contribution in [1.82, 2.24) is 9.97 Å². The molecule has 6 heteroatoms. The summed E-state index contributed by atoms with van der Waals surface area (Å²) < 4.78 is 0. The molecule has 30 heavy (non-hydrogen) atoms. The van der Waals surface area contributed by atoms with Crippen LogP contribution in [0, 0.1) is 0 Å². The van der Waals surface area contributed by atoms with E-state index in [1.807, 2.05) is 30.3 Å². The van der Waals surface area contributed by atoms with Crippen LogP contribution in [0.15, 0.2) is 72.0 Å². The van der Waals surface area contributed by atoms with Crippen LogP contribution in [0.3, 0.4) is 0 Å². The van der Waals surface area contributed by atoms with Gasteiger partial charge in [0.15, 0.2) is 0 Å². The smallest absolute Gasteiger partial charge is 0.234 e. The van der Waals surface area contributed by atoms with Gasteiger partial charge in [-0.05, 0) is 42.2 Å². The van der Waals surface area contributed by atoms with E-state index < -0.39 is 0 Å². The minimum absolute atomic E-state index is 0.0356. The molecule has 0 aliphatic carbocycles. The molecule has 0 fully saturated rings. The van der Waals surface area contributed by atoms with Gasteiger partial charge in [-0.1, -0.05) is 67.6 Å². The van der Waals surface area contributed by atoms with Crippen molar-refractivity contribution in [3.63, 3.8) is 0 Å². The highest BCUT2D eigenvalue weighted by molar-refractivity contribution is 8.00. The van der Waals surface area contributed by atoms with Crippen molar-refractivity contribution in [1.29, 1.82) is 0 Å². The third-order valence-corrected chi connectivity index (χ3v) is 6.85. The lowest BCUT2D eigenvalue weighted by atomic mass is 10.1. The van der Waals surface area contributed by atoms with Crippen molar-refractivity contribution in [2.24, 2.45) is 0 Å². The van der Waals surface area contributed by atoms with Crippen LogP contribution in [0.25, 0.3) is 20.7 Å². The van der Waals surface area contributed by atoms with Gasteiger partial charge in [-0.3, -0.25) is 4.79 Å². The molecule has 2 aromatic carbocycles. The molecule has 152 valence electrons. The second-order valence-corrected chi connectivity index (χ2v) is 9.01. The Bertz CT molecular complexity index is 1120. The highest BCUT2D eigenvalue weighted by Gasteiger charge is 2.12. The Morgan fingerprint density at radius 3 is 2.63 bits per heavy atom. The molecule has 0 radical (unpaired) electrons. The van der Waals surface area contributed by atoms with Gasteiger partial charge in [0.1, 0.15) is 16.2 Å². The zero-order valence-electron chi connectivity index (χ0n) is 16.8. The van der Waals surface area contributed by atoms with Crippen LogP contribution in [0.1, 0.15) is 25.3 Å².